The molecule has 25 heavy (non-hydrogen) atoms. The van der Waals surface area contributed by atoms with Gasteiger partial charge in [0, 0.05) is 0 Å². The Bertz CT molecular complexity index is 491. The lowest BCUT2D eigenvalue weighted by molar-refractivity contribution is 0.173. The Balaban J connectivity index is 1.73. The summed E-state index contributed by atoms with van der Waals surface area (Å²) in [6.07, 6.45) is 12.7. The molecule has 0 bridgehead atoms. The second-order valence-electron chi connectivity index (χ2n) is 8.18. The van der Waals surface area contributed by atoms with Gasteiger partial charge in [0.2, 0.25) is 0 Å². The van der Waals surface area contributed by atoms with Gasteiger partial charge in [0.1, 0.15) is 0 Å². The third-order valence-corrected chi connectivity index (χ3v) is 5.93. The molecule has 1 nitrogen and oxygen atoms in total. The van der Waals surface area contributed by atoms with Gasteiger partial charge in [0.15, 0.2) is 11.6 Å². The van der Waals surface area contributed by atoms with Crippen molar-refractivity contribution in [3.05, 3.63) is 29.6 Å². The first kappa shape index (κ1) is 20.3. The highest BCUT2D eigenvalue weighted by atomic mass is 19.1. The van der Waals surface area contributed by atoms with E-state index in [1.165, 1.54) is 51.4 Å². The molecule has 1 aliphatic carbocycles. The zero-order chi connectivity index (χ0) is 18.1. The molecule has 142 valence electrons. The molecule has 1 fully saturated rings. The van der Waals surface area contributed by atoms with Crippen molar-refractivity contribution in [1.29, 1.82) is 0 Å². The summed E-state index contributed by atoms with van der Waals surface area (Å²) in [4.78, 5) is 0. The third-order valence-electron chi connectivity index (χ3n) is 5.93. The minimum atomic E-state index is -0.200. The molecule has 0 N–H and O–H groups in total. The number of hydrogen-bond acceptors (Lipinski definition) is 1. The molecular weight excluding hydrogens is 311 g/mol. The number of ether oxygens (including phenoxy) is 1. The first-order valence-electron chi connectivity index (χ1n) is 10.5. The zero-order valence-electron chi connectivity index (χ0n) is 16.5. The highest BCUT2D eigenvalue weighted by Crippen LogP contribution is 2.32. The van der Waals surface area contributed by atoms with Gasteiger partial charge in [0.05, 0.1) is 6.61 Å². The van der Waals surface area contributed by atoms with Crippen molar-refractivity contribution < 1.29 is 9.13 Å². The quantitative estimate of drug-likeness (QED) is 0.407. The summed E-state index contributed by atoms with van der Waals surface area (Å²) in [5, 5.41) is 0. The number of halogens is 1. The molecule has 0 aliphatic heterocycles. The molecule has 0 amide bonds. The van der Waals surface area contributed by atoms with Gasteiger partial charge in [-0.3, -0.25) is 0 Å². The fourth-order valence-electron chi connectivity index (χ4n) is 3.91. The summed E-state index contributed by atoms with van der Waals surface area (Å²) in [6, 6.07) is 5.50. The molecule has 1 aromatic carbocycles. The van der Waals surface area contributed by atoms with Crippen LogP contribution in [0, 0.1) is 23.6 Å². The number of hydrogen-bond donors (Lipinski definition) is 0. The van der Waals surface area contributed by atoms with Crippen molar-refractivity contribution in [3.63, 3.8) is 0 Å². The second kappa shape index (κ2) is 10.8. The van der Waals surface area contributed by atoms with Crippen LogP contribution < -0.4 is 4.74 Å². The van der Waals surface area contributed by atoms with E-state index in [4.69, 9.17) is 4.74 Å². The number of unbranched alkanes of at least 4 members (excludes halogenated alkanes) is 2. The summed E-state index contributed by atoms with van der Waals surface area (Å²) in [6.45, 7) is 7.32. The Morgan fingerprint density at radius 3 is 2.44 bits per heavy atom. The molecule has 0 aromatic heterocycles. The molecule has 1 unspecified atom stereocenters. The van der Waals surface area contributed by atoms with E-state index in [0.29, 0.717) is 24.2 Å². The molecule has 2 rings (SSSR count). The number of rotatable bonds is 10. The van der Waals surface area contributed by atoms with Crippen molar-refractivity contribution >= 4 is 0 Å². The lowest BCUT2D eigenvalue weighted by Crippen LogP contribution is -2.20. The summed E-state index contributed by atoms with van der Waals surface area (Å²) in [5.41, 5.74) is 1.08. The van der Waals surface area contributed by atoms with Crippen LogP contribution in [0.2, 0.25) is 0 Å². The maximum absolute atomic E-state index is 14.3. The summed E-state index contributed by atoms with van der Waals surface area (Å²) in [7, 11) is 0. The maximum Gasteiger partial charge on any atom is 0.165 e. The van der Waals surface area contributed by atoms with Crippen LogP contribution >= 0.6 is 0 Å². The van der Waals surface area contributed by atoms with E-state index in [2.05, 4.69) is 20.8 Å². The smallest absolute Gasteiger partial charge is 0.165 e. The van der Waals surface area contributed by atoms with Gasteiger partial charge in [-0.15, -0.1) is 0 Å². The largest absolute Gasteiger partial charge is 0.490 e. The van der Waals surface area contributed by atoms with E-state index in [9.17, 15) is 4.39 Å². The van der Waals surface area contributed by atoms with Crippen molar-refractivity contribution in [2.24, 2.45) is 17.8 Å². The first-order valence-corrected chi connectivity index (χ1v) is 10.5. The summed E-state index contributed by atoms with van der Waals surface area (Å²) >= 11 is 0. The standard InChI is InChI=1S/C23H37FO/c1-4-6-7-8-19-9-11-20(12-10-19)17-25-23-14-13-21(16-22(23)24)15-18(3)5-2/h13-14,16,18-20H,4-12,15,17H2,1-3H3. The third kappa shape index (κ3) is 6.99. The monoisotopic (exact) mass is 348 g/mol. The first-order chi connectivity index (χ1) is 12.1. The molecule has 1 saturated carbocycles. The normalized spacial score (nSPS) is 21.9. The van der Waals surface area contributed by atoms with Gasteiger partial charge in [-0.2, -0.15) is 0 Å². The van der Waals surface area contributed by atoms with E-state index in [1.54, 1.807) is 6.07 Å². The van der Waals surface area contributed by atoms with Gasteiger partial charge in [0.25, 0.3) is 0 Å². The van der Waals surface area contributed by atoms with Crippen LogP contribution in [-0.4, -0.2) is 6.61 Å². The molecule has 1 aliphatic rings. The zero-order valence-corrected chi connectivity index (χ0v) is 16.5. The van der Waals surface area contributed by atoms with Crippen LogP contribution in [0.5, 0.6) is 5.75 Å². The van der Waals surface area contributed by atoms with E-state index < -0.39 is 0 Å². The highest BCUT2D eigenvalue weighted by molar-refractivity contribution is 5.29. The summed E-state index contributed by atoms with van der Waals surface area (Å²) in [5.74, 6) is 2.34. The van der Waals surface area contributed by atoms with E-state index >= 15 is 0 Å². The van der Waals surface area contributed by atoms with Gasteiger partial charge in [-0.1, -0.05) is 71.8 Å². The van der Waals surface area contributed by atoms with Crippen molar-refractivity contribution in [2.75, 3.05) is 6.61 Å². The van der Waals surface area contributed by atoms with Gasteiger partial charge >= 0.3 is 0 Å². The highest BCUT2D eigenvalue weighted by Gasteiger charge is 2.21. The van der Waals surface area contributed by atoms with Gasteiger partial charge in [-0.05, 0) is 54.7 Å². The lowest BCUT2D eigenvalue weighted by Gasteiger charge is -2.28. The van der Waals surface area contributed by atoms with Crippen LogP contribution in [0.15, 0.2) is 18.2 Å². The van der Waals surface area contributed by atoms with Crippen LogP contribution in [0.25, 0.3) is 0 Å². The molecule has 0 saturated heterocycles. The lowest BCUT2D eigenvalue weighted by atomic mass is 9.80. The Morgan fingerprint density at radius 2 is 1.80 bits per heavy atom. The van der Waals surface area contributed by atoms with Gasteiger partial charge < -0.3 is 4.74 Å². The van der Waals surface area contributed by atoms with E-state index in [-0.39, 0.29) is 5.82 Å². The maximum atomic E-state index is 14.3. The van der Waals surface area contributed by atoms with Crippen LogP contribution in [-0.2, 0) is 6.42 Å². The molecule has 0 radical (unpaired) electrons. The van der Waals surface area contributed by atoms with E-state index in [1.807, 2.05) is 12.1 Å². The van der Waals surface area contributed by atoms with E-state index in [0.717, 1.165) is 24.3 Å². The Labute approximate surface area is 154 Å². The molecule has 2 heteroatoms. The van der Waals surface area contributed by atoms with Crippen LogP contribution in [0.3, 0.4) is 0 Å². The fourth-order valence-corrected chi connectivity index (χ4v) is 3.91. The van der Waals surface area contributed by atoms with Gasteiger partial charge in [-0.25, -0.2) is 4.39 Å². The van der Waals surface area contributed by atoms with Crippen molar-refractivity contribution in [3.8, 4) is 5.75 Å². The average Bonchev–Trinajstić information content (AvgIpc) is 2.62. The number of benzene rings is 1. The fraction of sp³-hybridized carbons (Fsp3) is 0.739. The SMILES string of the molecule is CCCCCC1CCC(COc2ccc(CC(C)CC)cc2F)CC1. The van der Waals surface area contributed by atoms with Crippen LogP contribution in [0.4, 0.5) is 4.39 Å². The Hall–Kier alpha value is -1.05. The predicted octanol–water partition coefficient (Wildman–Crippen LogP) is 7.18. The molecule has 1 aromatic rings. The predicted molar refractivity (Wildman–Crippen MR) is 105 cm³/mol. The average molecular weight is 349 g/mol. The molecular formula is C23H37FO. The minimum Gasteiger partial charge on any atom is -0.490 e. The van der Waals surface area contributed by atoms with Crippen molar-refractivity contribution in [2.45, 2.75) is 85.0 Å². The topological polar surface area (TPSA) is 9.23 Å². The van der Waals surface area contributed by atoms with Crippen LogP contribution in [0.1, 0.15) is 84.1 Å². The summed E-state index contributed by atoms with van der Waals surface area (Å²) < 4.78 is 20.1. The Morgan fingerprint density at radius 1 is 1.08 bits per heavy atom. The minimum absolute atomic E-state index is 0.200. The Kier molecular flexibility index (Phi) is 8.78. The molecule has 0 heterocycles. The van der Waals surface area contributed by atoms with Crippen molar-refractivity contribution in [1.82, 2.24) is 0 Å². The molecule has 1 atom stereocenters. The molecule has 0 spiro atoms. The second-order valence-corrected chi connectivity index (χ2v) is 8.18.